The minimum Gasteiger partial charge on any atom is -0.393 e. The number of aliphatic hydroxyl groups excluding tert-OH is 1. The summed E-state index contributed by atoms with van der Waals surface area (Å²) in [4.78, 5) is 0. The second-order valence-corrected chi connectivity index (χ2v) is 5.49. The van der Waals surface area contributed by atoms with Crippen LogP contribution < -0.4 is 5.32 Å². The first kappa shape index (κ1) is 13.6. The maximum absolute atomic E-state index is 9.51. The second-order valence-electron chi connectivity index (χ2n) is 5.49. The van der Waals surface area contributed by atoms with Crippen molar-refractivity contribution in [2.75, 3.05) is 0 Å². The van der Waals surface area contributed by atoms with Gasteiger partial charge in [-0.15, -0.1) is 0 Å². The number of aliphatic hydroxyl groups is 1. The Morgan fingerprint density at radius 3 is 2.33 bits per heavy atom. The summed E-state index contributed by atoms with van der Waals surface area (Å²) in [5, 5.41) is 13.2. The Bertz CT molecular complexity index is 352. The van der Waals surface area contributed by atoms with Crippen molar-refractivity contribution in [3.8, 4) is 0 Å². The fourth-order valence-electron chi connectivity index (χ4n) is 2.73. The first-order chi connectivity index (χ1) is 8.69. The zero-order valence-electron chi connectivity index (χ0n) is 11.5. The highest BCUT2D eigenvalue weighted by molar-refractivity contribution is 5.24. The number of nitrogens with one attached hydrogen (secondary N) is 1. The van der Waals surface area contributed by atoms with E-state index in [0.29, 0.717) is 12.1 Å². The molecule has 0 saturated heterocycles. The van der Waals surface area contributed by atoms with E-state index in [-0.39, 0.29) is 6.10 Å². The Hall–Kier alpha value is -0.860. The molecule has 0 unspecified atom stereocenters. The van der Waals surface area contributed by atoms with Crippen molar-refractivity contribution in [2.45, 2.75) is 64.1 Å². The van der Waals surface area contributed by atoms with Crippen LogP contribution in [0.3, 0.4) is 0 Å². The molecular weight excluding hydrogens is 222 g/mol. The van der Waals surface area contributed by atoms with Crippen molar-refractivity contribution in [1.82, 2.24) is 5.32 Å². The summed E-state index contributed by atoms with van der Waals surface area (Å²) in [6.45, 7) is 4.41. The summed E-state index contributed by atoms with van der Waals surface area (Å²) >= 11 is 0. The van der Waals surface area contributed by atoms with E-state index in [1.54, 1.807) is 0 Å². The third-order valence-electron chi connectivity index (χ3n) is 4.07. The van der Waals surface area contributed by atoms with E-state index in [2.05, 4.69) is 43.4 Å². The first-order valence-electron chi connectivity index (χ1n) is 7.22. The maximum atomic E-state index is 9.51. The van der Waals surface area contributed by atoms with Crippen molar-refractivity contribution in [3.63, 3.8) is 0 Å². The van der Waals surface area contributed by atoms with E-state index in [1.807, 2.05) is 0 Å². The van der Waals surface area contributed by atoms with Crippen LogP contribution in [0.4, 0.5) is 0 Å². The quantitative estimate of drug-likeness (QED) is 0.856. The Kier molecular flexibility index (Phi) is 4.79. The molecule has 18 heavy (non-hydrogen) atoms. The van der Waals surface area contributed by atoms with Crippen LogP contribution in [0, 0.1) is 0 Å². The predicted molar refractivity (Wildman–Crippen MR) is 75.6 cm³/mol. The van der Waals surface area contributed by atoms with Gasteiger partial charge in [-0.05, 0) is 50.2 Å². The predicted octanol–water partition coefficient (Wildman–Crippen LogP) is 3.20. The summed E-state index contributed by atoms with van der Waals surface area (Å²) in [6, 6.07) is 9.86. The zero-order chi connectivity index (χ0) is 13.0. The van der Waals surface area contributed by atoms with Gasteiger partial charge in [0.2, 0.25) is 0 Å². The maximum Gasteiger partial charge on any atom is 0.0541 e. The van der Waals surface area contributed by atoms with Gasteiger partial charge in [0.1, 0.15) is 0 Å². The standard InChI is InChI=1S/C16H25NO/c1-3-13-4-6-14(7-5-13)12(2)17-15-8-10-16(18)11-9-15/h4-7,12,15-18H,3,8-11H2,1-2H3/t12-,15?,16?/m0/s1. The lowest BCUT2D eigenvalue weighted by Crippen LogP contribution is -2.36. The Labute approximate surface area is 110 Å². The van der Waals surface area contributed by atoms with Gasteiger partial charge in [0, 0.05) is 12.1 Å². The zero-order valence-corrected chi connectivity index (χ0v) is 11.5. The van der Waals surface area contributed by atoms with Crippen molar-refractivity contribution in [3.05, 3.63) is 35.4 Å². The fourth-order valence-corrected chi connectivity index (χ4v) is 2.73. The van der Waals surface area contributed by atoms with Crippen LogP contribution in [0.1, 0.15) is 56.7 Å². The lowest BCUT2D eigenvalue weighted by molar-refractivity contribution is 0.114. The van der Waals surface area contributed by atoms with Crippen LogP contribution >= 0.6 is 0 Å². The second kappa shape index (κ2) is 6.35. The van der Waals surface area contributed by atoms with Crippen LogP contribution in [0.5, 0.6) is 0 Å². The Balaban J connectivity index is 1.88. The molecule has 0 radical (unpaired) electrons. The minimum atomic E-state index is -0.0674. The van der Waals surface area contributed by atoms with Crippen LogP contribution in [-0.2, 0) is 6.42 Å². The first-order valence-corrected chi connectivity index (χ1v) is 7.22. The highest BCUT2D eigenvalue weighted by Gasteiger charge is 2.20. The smallest absolute Gasteiger partial charge is 0.0541 e. The molecule has 1 atom stereocenters. The van der Waals surface area contributed by atoms with Crippen LogP contribution in [0.2, 0.25) is 0 Å². The van der Waals surface area contributed by atoms with Gasteiger partial charge in [-0.3, -0.25) is 0 Å². The van der Waals surface area contributed by atoms with Gasteiger partial charge < -0.3 is 10.4 Å². The molecule has 0 heterocycles. The number of hydrogen-bond donors (Lipinski definition) is 2. The van der Waals surface area contributed by atoms with Gasteiger partial charge in [0.15, 0.2) is 0 Å². The fraction of sp³-hybridized carbons (Fsp3) is 0.625. The van der Waals surface area contributed by atoms with Gasteiger partial charge >= 0.3 is 0 Å². The summed E-state index contributed by atoms with van der Waals surface area (Å²) in [5.41, 5.74) is 2.75. The highest BCUT2D eigenvalue weighted by atomic mass is 16.3. The molecule has 1 aliphatic carbocycles. The summed E-state index contributed by atoms with van der Waals surface area (Å²) in [5.74, 6) is 0. The SMILES string of the molecule is CCc1ccc([C@H](C)NC2CCC(O)CC2)cc1. The van der Waals surface area contributed by atoms with Crippen molar-refractivity contribution in [2.24, 2.45) is 0 Å². The lowest BCUT2D eigenvalue weighted by Gasteiger charge is -2.29. The molecule has 100 valence electrons. The lowest BCUT2D eigenvalue weighted by atomic mass is 9.92. The number of hydrogen-bond acceptors (Lipinski definition) is 2. The van der Waals surface area contributed by atoms with Crippen LogP contribution in [-0.4, -0.2) is 17.3 Å². The van der Waals surface area contributed by atoms with E-state index in [4.69, 9.17) is 0 Å². The van der Waals surface area contributed by atoms with E-state index >= 15 is 0 Å². The van der Waals surface area contributed by atoms with Crippen LogP contribution in [0.25, 0.3) is 0 Å². The van der Waals surface area contributed by atoms with E-state index < -0.39 is 0 Å². The molecule has 1 aromatic rings. The van der Waals surface area contributed by atoms with Gasteiger partial charge in [-0.1, -0.05) is 31.2 Å². The van der Waals surface area contributed by atoms with E-state index in [1.165, 1.54) is 11.1 Å². The van der Waals surface area contributed by atoms with Crippen LogP contribution in [0.15, 0.2) is 24.3 Å². The average molecular weight is 247 g/mol. The molecule has 2 nitrogen and oxygen atoms in total. The molecule has 0 aromatic heterocycles. The number of rotatable bonds is 4. The van der Waals surface area contributed by atoms with Crippen molar-refractivity contribution < 1.29 is 5.11 Å². The molecule has 0 amide bonds. The molecule has 1 aromatic carbocycles. The molecule has 1 saturated carbocycles. The van der Waals surface area contributed by atoms with Gasteiger partial charge in [0.25, 0.3) is 0 Å². The van der Waals surface area contributed by atoms with Gasteiger partial charge in [0.05, 0.1) is 6.10 Å². The molecule has 2 N–H and O–H groups in total. The number of benzene rings is 1. The third kappa shape index (κ3) is 3.56. The van der Waals surface area contributed by atoms with Gasteiger partial charge in [-0.2, -0.15) is 0 Å². The average Bonchev–Trinajstić information content (AvgIpc) is 2.41. The molecule has 1 fully saturated rings. The molecule has 0 spiro atoms. The van der Waals surface area contributed by atoms with E-state index in [9.17, 15) is 5.11 Å². The van der Waals surface area contributed by atoms with Gasteiger partial charge in [-0.25, -0.2) is 0 Å². The minimum absolute atomic E-state index is 0.0674. The van der Waals surface area contributed by atoms with E-state index in [0.717, 1.165) is 32.1 Å². The Morgan fingerprint density at radius 1 is 1.17 bits per heavy atom. The topological polar surface area (TPSA) is 32.3 Å². The van der Waals surface area contributed by atoms with Crippen molar-refractivity contribution in [1.29, 1.82) is 0 Å². The summed E-state index contributed by atoms with van der Waals surface area (Å²) < 4.78 is 0. The molecule has 0 bridgehead atoms. The summed E-state index contributed by atoms with van der Waals surface area (Å²) in [6.07, 6.45) is 5.11. The van der Waals surface area contributed by atoms with Crippen molar-refractivity contribution >= 4 is 0 Å². The highest BCUT2D eigenvalue weighted by Crippen LogP contribution is 2.22. The molecule has 0 aliphatic heterocycles. The molecule has 2 rings (SSSR count). The summed E-state index contributed by atoms with van der Waals surface area (Å²) in [7, 11) is 0. The Morgan fingerprint density at radius 2 is 1.78 bits per heavy atom. The molecular formula is C16H25NO. The largest absolute Gasteiger partial charge is 0.393 e. The monoisotopic (exact) mass is 247 g/mol. The molecule has 1 aliphatic rings. The molecule has 2 heteroatoms. The normalized spacial score (nSPS) is 25.9. The number of aryl methyl sites for hydroxylation is 1. The third-order valence-corrected chi connectivity index (χ3v) is 4.07.